The van der Waals surface area contributed by atoms with Crippen LogP contribution in [0.5, 0.6) is 11.5 Å². The lowest BCUT2D eigenvalue weighted by atomic mass is 10.1. The van der Waals surface area contributed by atoms with Gasteiger partial charge in [0, 0.05) is 10.7 Å². The second-order valence-corrected chi connectivity index (χ2v) is 6.68. The molecule has 28 heavy (non-hydrogen) atoms. The highest BCUT2D eigenvalue weighted by molar-refractivity contribution is 6.30. The van der Waals surface area contributed by atoms with Gasteiger partial charge in [-0.25, -0.2) is 0 Å². The maximum atomic E-state index is 12.3. The molecular weight excluding hydrogens is 395 g/mol. The molecule has 0 atom stereocenters. The lowest BCUT2D eigenvalue weighted by molar-refractivity contribution is -0.116. The summed E-state index contributed by atoms with van der Waals surface area (Å²) in [6.45, 7) is 0.356. The van der Waals surface area contributed by atoms with Crippen LogP contribution in [0.15, 0.2) is 72.8 Å². The molecule has 0 aliphatic carbocycles. The summed E-state index contributed by atoms with van der Waals surface area (Å²) in [5.74, 6) is 0.975. The number of hydrogen-bond donors (Lipinski definition) is 0. The fraction of sp³-hybridized carbons (Fsp3) is 0.0909. The van der Waals surface area contributed by atoms with Crippen molar-refractivity contribution in [1.82, 2.24) is 0 Å². The first-order valence-electron chi connectivity index (χ1n) is 8.48. The molecule has 4 nitrogen and oxygen atoms in total. The Kier molecular flexibility index (Phi) is 6.54. The summed E-state index contributed by atoms with van der Waals surface area (Å²) in [6.07, 6.45) is 0. The number of rotatable bonds is 6. The molecule has 140 valence electrons. The van der Waals surface area contributed by atoms with Crippen LogP contribution in [0.3, 0.4) is 0 Å². The van der Waals surface area contributed by atoms with Gasteiger partial charge in [0.2, 0.25) is 5.91 Å². The molecule has 0 heterocycles. The molecule has 3 rings (SSSR count). The van der Waals surface area contributed by atoms with Crippen molar-refractivity contribution in [3.63, 3.8) is 0 Å². The van der Waals surface area contributed by atoms with Gasteiger partial charge < -0.3 is 9.64 Å². The van der Waals surface area contributed by atoms with E-state index in [1.54, 1.807) is 65.6 Å². The van der Waals surface area contributed by atoms with Gasteiger partial charge in [-0.05, 0) is 66.2 Å². The van der Waals surface area contributed by atoms with Crippen LogP contribution >= 0.6 is 23.2 Å². The molecule has 1 amide bonds. The third-order valence-corrected chi connectivity index (χ3v) is 4.52. The van der Waals surface area contributed by atoms with Crippen LogP contribution in [0.25, 0.3) is 0 Å². The molecule has 3 aromatic rings. The molecule has 0 aliphatic heterocycles. The van der Waals surface area contributed by atoms with Crippen LogP contribution in [0, 0.1) is 11.3 Å². The van der Waals surface area contributed by atoms with Crippen molar-refractivity contribution in [2.75, 3.05) is 10.8 Å². The van der Waals surface area contributed by atoms with Gasteiger partial charge in [0.25, 0.3) is 0 Å². The number of anilines is 1. The molecule has 0 aliphatic rings. The van der Waals surface area contributed by atoms with E-state index in [1.807, 2.05) is 12.1 Å². The van der Waals surface area contributed by atoms with Gasteiger partial charge in [-0.15, -0.1) is 11.6 Å². The lowest BCUT2D eigenvalue weighted by Gasteiger charge is -2.22. The van der Waals surface area contributed by atoms with Gasteiger partial charge in [-0.2, -0.15) is 5.26 Å². The summed E-state index contributed by atoms with van der Waals surface area (Å²) in [7, 11) is 0. The lowest BCUT2D eigenvalue weighted by Crippen LogP contribution is -2.31. The third-order valence-electron chi connectivity index (χ3n) is 4.04. The molecule has 0 saturated heterocycles. The molecule has 0 radical (unpaired) electrons. The molecule has 0 fully saturated rings. The number of benzene rings is 3. The minimum atomic E-state index is -0.211. The summed E-state index contributed by atoms with van der Waals surface area (Å²) < 4.78 is 5.78. The summed E-state index contributed by atoms with van der Waals surface area (Å²) in [5, 5.41) is 9.55. The molecule has 0 bridgehead atoms. The predicted octanol–water partition coefficient (Wildman–Crippen LogP) is 5.78. The van der Waals surface area contributed by atoms with Crippen LogP contribution in [0.2, 0.25) is 5.02 Å². The van der Waals surface area contributed by atoms with Gasteiger partial charge in [-0.1, -0.05) is 23.7 Å². The number of nitrogens with zero attached hydrogens (tertiary/aromatic N) is 2. The SMILES string of the molecule is N#Cc1ccc(CN(C(=O)CCl)c2ccc(Oc3ccc(Cl)cc3)cc2)cc1. The van der Waals surface area contributed by atoms with Crippen molar-refractivity contribution < 1.29 is 9.53 Å². The smallest absolute Gasteiger partial charge is 0.242 e. The molecule has 6 heteroatoms. The first-order chi connectivity index (χ1) is 13.6. The highest BCUT2D eigenvalue weighted by Gasteiger charge is 2.15. The Balaban J connectivity index is 1.77. The zero-order chi connectivity index (χ0) is 19.9. The Morgan fingerprint density at radius 2 is 1.50 bits per heavy atom. The highest BCUT2D eigenvalue weighted by atomic mass is 35.5. The number of carbonyl (C=O) groups is 1. The average molecular weight is 411 g/mol. The maximum absolute atomic E-state index is 12.3. The molecule has 0 spiro atoms. The zero-order valence-electron chi connectivity index (χ0n) is 14.8. The van der Waals surface area contributed by atoms with Crippen molar-refractivity contribution in [3.8, 4) is 17.6 Å². The Morgan fingerprint density at radius 1 is 0.929 bits per heavy atom. The van der Waals surface area contributed by atoms with E-state index in [4.69, 9.17) is 33.2 Å². The molecule has 3 aromatic carbocycles. The minimum Gasteiger partial charge on any atom is -0.457 e. The summed E-state index contributed by atoms with van der Waals surface area (Å²) in [5.41, 5.74) is 2.18. The predicted molar refractivity (Wildman–Crippen MR) is 111 cm³/mol. The van der Waals surface area contributed by atoms with Crippen LogP contribution in [0.4, 0.5) is 5.69 Å². The molecule has 0 unspecified atom stereocenters. The monoisotopic (exact) mass is 410 g/mol. The van der Waals surface area contributed by atoms with Crippen LogP contribution in [0.1, 0.15) is 11.1 Å². The number of ether oxygens (including phenoxy) is 1. The minimum absolute atomic E-state index is 0.126. The first kappa shape index (κ1) is 19.8. The van der Waals surface area contributed by atoms with Crippen molar-refractivity contribution in [2.45, 2.75) is 6.54 Å². The van der Waals surface area contributed by atoms with E-state index in [1.165, 1.54) is 0 Å². The first-order valence-corrected chi connectivity index (χ1v) is 9.39. The van der Waals surface area contributed by atoms with Crippen LogP contribution in [-0.4, -0.2) is 11.8 Å². The van der Waals surface area contributed by atoms with Gasteiger partial charge in [0.1, 0.15) is 17.4 Å². The van der Waals surface area contributed by atoms with Crippen molar-refractivity contribution in [3.05, 3.63) is 88.9 Å². The van der Waals surface area contributed by atoms with Gasteiger partial charge in [-0.3, -0.25) is 4.79 Å². The topological polar surface area (TPSA) is 53.3 Å². The fourth-order valence-corrected chi connectivity index (χ4v) is 2.87. The number of amides is 1. The second kappa shape index (κ2) is 9.27. The number of carbonyl (C=O) groups excluding carboxylic acids is 1. The number of hydrogen-bond acceptors (Lipinski definition) is 3. The van der Waals surface area contributed by atoms with E-state index >= 15 is 0 Å². The van der Waals surface area contributed by atoms with Crippen LogP contribution < -0.4 is 9.64 Å². The van der Waals surface area contributed by atoms with Gasteiger partial charge in [0.05, 0.1) is 18.2 Å². The zero-order valence-corrected chi connectivity index (χ0v) is 16.3. The summed E-state index contributed by atoms with van der Waals surface area (Å²) in [4.78, 5) is 13.9. The largest absolute Gasteiger partial charge is 0.457 e. The van der Waals surface area contributed by atoms with Gasteiger partial charge >= 0.3 is 0 Å². The Bertz CT molecular complexity index is 979. The maximum Gasteiger partial charge on any atom is 0.242 e. The van der Waals surface area contributed by atoms with Crippen LogP contribution in [-0.2, 0) is 11.3 Å². The molecule has 0 saturated carbocycles. The van der Waals surface area contributed by atoms with E-state index in [0.29, 0.717) is 34.3 Å². The quantitative estimate of drug-likeness (QED) is 0.484. The normalized spacial score (nSPS) is 10.2. The fourth-order valence-electron chi connectivity index (χ4n) is 2.60. The molecule has 0 aromatic heterocycles. The summed E-state index contributed by atoms with van der Waals surface area (Å²) >= 11 is 11.7. The van der Waals surface area contributed by atoms with E-state index < -0.39 is 0 Å². The highest BCUT2D eigenvalue weighted by Crippen LogP contribution is 2.26. The molecular formula is C22H16Cl2N2O2. The van der Waals surface area contributed by atoms with Crippen molar-refractivity contribution in [1.29, 1.82) is 5.26 Å². The number of halogens is 2. The summed E-state index contributed by atoms with van der Waals surface area (Å²) in [6, 6.07) is 23.4. The van der Waals surface area contributed by atoms with E-state index in [2.05, 4.69) is 6.07 Å². The Morgan fingerprint density at radius 3 is 2.04 bits per heavy atom. The van der Waals surface area contributed by atoms with E-state index in [0.717, 1.165) is 5.56 Å². The number of nitriles is 1. The molecule has 0 N–H and O–H groups in total. The Hall–Kier alpha value is -3.00. The second-order valence-electron chi connectivity index (χ2n) is 5.97. The van der Waals surface area contributed by atoms with Crippen molar-refractivity contribution in [2.24, 2.45) is 0 Å². The average Bonchev–Trinajstić information content (AvgIpc) is 2.74. The van der Waals surface area contributed by atoms with E-state index in [9.17, 15) is 4.79 Å². The number of alkyl halides is 1. The van der Waals surface area contributed by atoms with E-state index in [-0.39, 0.29) is 11.8 Å². The van der Waals surface area contributed by atoms with Gasteiger partial charge in [0.15, 0.2) is 0 Å². The van der Waals surface area contributed by atoms with Crippen molar-refractivity contribution >= 4 is 34.8 Å². The Labute approximate surface area is 173 Å². The standard InChI is InChI=1S/C22H16Cl2N2O2/c23-13-22(27)26(15-17-3-1-16(14-25)2-4-17)19-7-11-21(12-8-19)28-20-9-5-18(24)6-10-20/h1-12H,13,15H2. The third kappa shape index (κ3) is 5.04.